The van der Waals surface area contributed by atoms with Crippen LogP contribution in [0.15, 0.2) is 47.4 Å². The summed E-state index contributed by atoms with van der Waals surface area (Å²) in [5.41, 5.74) is 3.19. The molecule has 1 saturated heterocycles. The molecule has 0 N–H and O–H groups in total. The first-order chi connectivity index (χ1) is 16.6. The number of hydrogen-bond donors (Lipinski definition) is 0. The highest BCUT2D eigenvalue weighted by Gasteiger charge is 2.31. The summed E-state index contributed by atoms with van der Waals surface area (Å²) in [6.07, 6.45) is 6.91. The van der Waals surface area contributed by atoms with Crippen LogP contribution in [-0.4, -0.2) is 40.9 Å². The molecule has 0 saturated carbocycles. The Balaban J connectivity index is 1.10. The Morgan fingerprint density at radius 3 is 2.85 bits per heavy atom. The van der Waals surface area contributed by atoms with E-state index >= 15 is 0 Å². The lowest BCUT2D eigenvalue weighted by Gasteiger charge is -2.29. The zero-order valence-electron chi connectivity index (χ0n) is 18.8. The average Bonchev–Trinajstić information content (AvgIpc) is 3.42. The third-order valence-corrected chi connectivity index (χ3v) is 7.63. The number of amides is 2. The minimum atomic E-state index is -0.0614. The predicted molar refractivity (Wildman–Crippen MR) is 138 cm³/mol. The number of anilines is 1. The molecule has 176 valence electrons. The van der Waals surface area contributed by atoms with Crippen LogP contribution < -0.4 is 14.4 Å². The quantitative estimate of drug-likeness (QED) is 0.301. The molecule has 3 heterocycles. The van der Waals surface area contributed by atoms with Crippen molar-refractivity contribution >= 4 is 51.9 Å². The van der Waals surface area contributed by atoms with Crippen LogP contribution in [0.2, 0.25) is 0 Å². The van der Waals surface area contributed by atoms with Crippen LogP contribution in [0.5, 0.6) is 11.5 Å². The maximum Gasteiger partial charge on any atom is 0.266 e. The van der Waals surface area contributed by atoms with E-state index in [2.05, 4.69) is 6.07 Å². The number of hydrogen-bond acceptors (Lipinski definition) is 6. The van der Waals surface area contributed by atoms with Gasteiger partial charge in [0, 0.05) is 25.2 Å². The number of aryl methyl sites for hydroxylation is 1. The fourth-order valence-corrected chi connectivity index (χ4v) is 5.81. The molecule has 34 heavy (non-hydrogen) atoms. The van der Waals surface area contributed by atoms with E-state index in [9.17, 15) is 9.59 Å². The van der Waals surface area contributed by atoms with Crippen molar-refractivity contribution in [1.29, 1.82) is 0 Å². The van der Waals surface area contributed by atoms with E-state index in [4.69, 9.17) is 21.7 Å². The van der Waals surface area contributed by atoms with E-state index in [1.165, 1.54) is 17.3 Å². The molecule has 0 spiro atoms. The second-order valence-electron chi connectivity index (χ2n) is 8.53. The van der Waals surface area contributed by atoms with Gasteiger partial charge in [-0.05, 0) is 61.1 Å². The van der Waals surface area contributed by atoms with Gasteiger partial charge in [0.15, 0.2) is 11.5 Å². The van der Waals surface area contributed by atoms with Crippen molar-refractivity contribution in [3.8, 4) is 11.5 Å². The van der Waals surface area contributed by atoms with Crippen molar-refractivity contribution in [3.63, 3.8) is 0 Å². The van der Waals surface area contributed by atoms with Gasteiger partial charge in [-0.3, -0.25) is 14.5 Å². The van der Waals surface area contributed by atoms with Gasteiger partial charge < -0.3 is 14.4 Å². The second-order valence-corrected chi connectivity index (χ2v) is 10.2. The first-order valence-corrected chi connectivity index (χ1v) is 12.9. The van der Waals surface area contributed by atoms with E-state index in [1.807, 2.05) is 47.4 Å². The highest BCUT2D eigenvalue weighted by Crippen LogP contribution is 2.36. The third-order valence-electron chi connectivity index (χ3n) is 6.25. The van der Waals surface area contributed by atoms with Gasteiger partial charge in [-0.1, -0.05) is 54.7 Å². The summed E-state index contributed by atoms with van der Waals surface area (Å²) in [5, 5.41) is 0. The number of carbonyl (C=O) groups excluding carboxylic acids is 2. The summed E-state index contributed by atoms with van der Waals surface area (Å²) in [6, 6.07) is 13.8. The minimum absolute atomic E-state index is 0.0614. The van der Waals surface area contributed by atoms with Crippen LogP contribution in [0, 0.1) is 0 Å². The molecule has 3 aliphatic heterocycles. The zero-order chi connectivity index (χ0) is 23.5. The molecule has 0 atom stereocenters. The molecular formula is C26H26N2O4S2. The van der Waals surface area contributed by atoms with E-state index < -0.39 is 0 Å². The monoisotopic (exact) mass is 494 g/mol. The van der Waals surface area contributed by atoms with Crippen molar-refractivity contribution in [2.45, 2.75) is 38.5 Å². The lowest BCUT2D eigenvalue weighted by Crippen LogP contribution is -2.35. The molecule has 0 unspecified atom stereocenters. The topological polar surface area (TPSA) is 59.1 Å². The first-order valence-electron chi connectivity index (χ1n) is 11.6. The molecule has 0 bridgehead atoms. The Bertz CT molecular complexity index is 1160. The number of unbranched alkanes of at least 4 members (excludes halogenated alkanes) is 2. The summed E-state index contributed by atoms with van der Waals surface area (Å²) in [7, 11) is 0. The van der Waals surface area contributed by atoms with Crippen molar-refractivity contribution in [2.75, 3.05) is 24.8 Å². The van der Waals surface area contributed by atoms with Gasteiger partial charge in [0.05, 0.1) is 4.91 Å². The van der Waals surface area contributed by atoms with Crippen molar-refractivity contribution in [2.24, 2.45) is 0 Å². The summed E-state index contributed by atoms with van der Waals surface area (Å²) in [5.74, 6) is 1.53. The number of benzene rings is 2. The number of fused-ring (bicyclic) bond motifs is 2. The number of carbonyl (C=O) groups is 2. The summed E-state index contributed by atoms with van der Waals surface area (Å²) >= 11 is 6.78. The smallest absolute Gasteiger partial charge is 0.266 e. The van der Waals surface area contributed by atoms with E-state index in [0.29, 0.717) is 33.7 Å². The van der Waals surface area contributed by atoms with Gasteiger partial charge in [-0.15, -0.1) is 0 Å². The van der Waals surface area contributed by atoms with Gasteiger partial charge in [0.25, 0.3) is 5.91 Å². The van der Waals surface area contributed by atoms with Crippen LogP contribution >= 0.6 is 24.0 Å². The average molecular weight is 495 g/mol. The maximum absolute atomic E-state index is 12.9. The van der Waals surface area contributed by atoms with Gasteiger partial charge in [-0.2, -0.15) is 0 Å². The fourth-order valence-electron chi connectivity index (χ4n) is 4.50. The van der Waals surface area contributed by atoms with Crippen LogP contribution in [0.25, 0.3) is 6.08 Å². The van der Waals surface area contributed by atoms with E-state index in [1.54, 1.807) is 4.90 Å². The van der Waals surface area contributed by atoms with Gasteiger partial charge in [0.2, 0.25) is 12.7 Å². The molecule has 3 aliphatic rings. The highest BCUT2D eigenvalue weighted by atomic mass is 32.2. The van der Waals surface area contributed by atoms with Gasteiger partial charge in [0.1, 0.15) is 4.32 Å². The number of rotatable bonds is 7. The van der Waals surface area contributed by atoms with Gasteiger partial charge in [-0.25, -0.2) is 0 Å². The molecule has 2 amide bonds. The van der Waals surface area contributed by atoms with E-state index in [-0.39, 0.29) is 18.6 Å². The Labute approximate surface area is 208 Å². The lowest BCUT2D eigenvalue weighted by molar-refractivity contribution is -0.122. The lowest BCUT2D eigenvalue weighted by atomic mass is 10.0. The second kappa shape index (κ2) is 10.2. The molecule has 1 fully saturated rings. The van der Waals surface area contributed by atoms with E-state index in [0.717, 1.165) is 49.9 Å². The molecule has 6 nitrogen and oxygen atoms in total. The van der Waals surface area contributed by atoms with Crippen molar-refractivity contribution in [3.05, 3.63) is 58.5 Å². The van der Waals surface area contributed by atoms with Gasteiger partial charge >= 0.3 is 0 Å². The summed E-state index contributed by atoms with van der Waals surface area (Å²) < 4.78 is 11.3. The normalized spacial score (nSPS) is 18.1. The van der Waals surface area contributed by atoms with Crippen molar-refractivity contribution < 1.29 is 19.1 Å². The first kappa shape index (κ1) is 22.9. The molecule has 8 heteroatoms. The number of para-hydroxylation sites is 1. The Morgan fingerprint density at radius 1 is 1.09 bits per heavy atom. The third kappa shape index (κ3) is 4.83. The SMILES string of the molecule is O=C1/C(=C/c2ccc3c(c2)OCO3)SC(=S)N1CCCCCC(=O)N1CCCc2ccccc21. The fraction of sp³-hybridized carbons (Fsp3) is 0.346. The summed E-state index contributed by atoms with van der Waals surface area (Å²) in [6.45, 7) is 1.59. The van der Waals surface area contributed by atoms with Crippen LogP contribution in [0.4, 0.5) is 5.69 Å². The molecule has 0 aliphatic carbocycles. The maximum atomic E-state index is 12.9. The molecule has 2 aromatic rings. The largest absolute Gasteiger partial charge is 0.454 e. The van der Waals surface area contributed by atoms with Crippen molar-refractivity contribution in [1.82, 2.24) is 4.90 Å². The van der Waals surface area contributed by atoms with Crippen LogP contribution in [0.3, 0.4) is 0 Å². The number of ether oxygens (including phenoxy) is 2. The zero-order valence-corrected chi connectivity index (χ0v) is 20.5. The number of nitrogens with zero attached hydrogens (tertiary/aromatic N) is 2. The predicted octanol–water partition coefficient (Wildman–Crippen LogP) is 5.16. The Hall–Kier alpha value is -2.84. The number of thioether (sulfide) groups is 1. The number of thiocarbonyl (C=S) groups is 1. The Kier molecular flexibility index (Phi) is 6.87. The molecule has 0 radical (unpaired) electrons. The molecular weight excluding hydrogens is 468 g/mol. The highest BCUT2D eigenvalue weighted by molar-refractivity contribution is 8.26. The summed E-state index contributed by atoms with van der Waals surface area (Å²) in [4.78, 5) is 29.9. The minimum Gasteiger partial charge on any atom is -0.454 e. The molecule has 0 aromatic heterocycles. The molecule has 5 rings (SSSR count). The van der Waals surface area contributed by atoms with Crippen LogP contribution in [0.1, 0.15) is 43.2 Å². The van der Waals surface area contributed by atoms with Crippen LogP contribution in [-0.2, 0) is 16.0 Å². The molecule has 2 aromatic carbocycles. The Morgan fingerprint density at radius 2 is 1.94 bits per heavy atom. The standard InChI is InChI=1S/C26H26N2O4S2/c29-24(27-14-6-8-19-7-3-4-9-20(19)27)10-2-1-5-13-28-25(30)23(34-26(28)33)16-18-11-12-21-22(15-18)32-17-31-21/h3-4,7,9,11-12,15-16H,1-2,5-6,8,10,13-14,17H2/b23-16-.